The van der Waals surface area contributed by atoms with Gasteiger partial charge in [-0.25, -0.2) is 9.18 Å². The Labute approximate surface area is 86.8 Å². The van der Waals surface area contributed by atoms with Gasteiger partial charge in [0.25, 0.3) is 0 Å². The summed E-state index contributed by atoms with van der Waals surface area (Å²) in [7, 11) is 1.26. The number of carbonyl (C=O) groups excluding carboxylic acids is 1. The summed E-state index contributed by atoms with van der Waals surface area (Å²) in [5.41, 5.74) is 5.64. The van der Waals surface area contributed by atoms with Crippen LogP contribution in [0, 0.1) is 5.82 Å². The first-order valence-electron chi connectivity index (χ1n) is 4.34. The number of nitrogens with two attached hydrogens (primary N) is 1. The van der Waals surface area contributed by atoms with Gasteiger partial charge in [-0.3, -0.25) is 0 Å². The molecule has 1 unspecified atom stereocenters. The van der Waals surface area contributed by atoms with Crippen LogP contribution in [0.4, 0.5) is 10.1 Å². The number of esters is 1. The van der Waals surface area contributed by atoms with Crippen LogP contribution in [0.1, 0.15) is 6.92 Å². The van der Waals surface area contributed by atoms with Gasteiger partial charge in [-0.15, -0.1) is 0 Å². The van der Waals surface area contributed by atoms with E-state index in [1.807, 2.05) is 0 Å². The molecule has 1 rings (SSSR count). The molecule has 0 radical (unpaired) electrons. The van der Waals surface area contributed by atoms with Crippen LogP contribution in [-0.2, 0) is 9.53 Å². The van der Waals surface area contributed by atoms with E-state index in [0.29, 0.717) is 0 Å². The molecule has 0 aliphatic rings. The monoisotopic (exact) mass is 213 g/mol. The van der Waals surface area contributed by atoms with Gasteiger partial charge in [0.05, 0.1) is 12.8 Å². The van der Waals surface area contributed by atoms with Crippen LogP contribution in [0.25, 0.3) is 0 Å². The van der Waals surface area contributed by atoms with Gasteiger partial charge in [0.15, 0.2) is 6.10 Å². The predicted octanol–water partition coefficient (Wildman–Crippen LogP) is 1.35. The molecule has 5 heteroatoms. The van der Waals surface area contributed by atoms with Crippen molar-refractivity contribution in [2.24, 2.45) is 0 Å². The number of carbonyl (C=O) groups is 1. The number of methoxy groups -OCH3 is 1. The quantitative estimate of drug-likeness (QED) is 0.608. The average Bonchev–Trinajstić information content (AvgIpc) is 2.20. The lowest BCUT2D eigenvalue weighted by atomic mass is 10.3. The molecule has 0 saturated heterocycles. The number of nitrogen functional groups attached to an aromatic ring is 1. The predicted molar refractivity (Wildman–Crippen MR) is 52.9 cm³/mol. The first kappa shape index (κ1) is 11.3. The minimum atomic E-state index is -0.775. The molecule has 82 valence electrons. The molecule has 1 aromatic carbocycles. The van der Waals surface area contributed by atoms with Crippen molar-refractivity contribution in [3.05, 3.63) is 24.0 Å². The van der Waals surface area contributed by atoms with Crippen molar-refractivity contribution in [1.82, 2.24) is 0 Å². The third-order valence-electron chi connectivity index (χ3n) is 1.81. The molecule has 1 atom stereocenters. The summed E-state index contributed by atoms with van der Waals surface area (Å²) in [4.78, 5) is 11.0. The van der Waals surface area contributed by atoms with E-state index in [-0.39, 0.29) is 11.4 Å². The molecule has 0 amide bonds. The summed E-state index contributed by atoms with van der Waals surface area (Å²) < 4.78 is 22.3. The molecule has 0 aliphatic heterocycles. The van der Waals surface area contributed by atoms with Gasteiger partial charge in [0.1, 0.15) is 11.6 Å². The zero-order chi connectivity index (χ0) is 11.4. The summed E-state index contributed by atoms with van der Waals surface area (Å²) >= 11 is 0. The summed E-state index contributed by atoms with van der Waals surface area (Å²) in [5, 5.41) is 0. The van der Waals surface area contributed by atoms with Gasteiger partial charge >= 0.3 is 5.97 Å². The Bertz CT molecular complexity index is 368. The standard InChI is InChI=1S/C10H12FNO3/c1-6(10(13)14-2)15-9-4-3-7(11)5-8(9)12/h3-6H,12H2,1-2H3. The van der Waals surface area contributed by atoms with Gasteiger partial charge in [0.2, 0.25) is 0 Å². The van der Waals surface area contributed by atoms with Crippen LogP contribution in [0.15, 0.2) is 18.2 Å². The number of rotatable bonds is 3. The van der Waals surface area contributed by atoms with E-state index in [2.05, 4.69) is 4.74 Å². The third kappa shape index (κ3) is 2.83. The molecule has 1 aromatic rings. The number of hydrogen-bond acceptors (Lipinski definition) is 4. The van der Waals surface area contributed by atoms with Crippen molar-refractivity contribution in [2.45, 2.75) is 13.0 Å². The molecule has 0 spiro atoms. The summed E-state index contributed by atoms with van der Waals surface area (Å²) in [5.74, 6) is -0.710. The largest absolute Gasteiger partial charge is 0.477 e. The number of anilines is 1. The topological polar surface area (TPSA) is 61.5 Å². The Morgan fingerprint density at radius 1 is 1.53 bits per heavy atom. The maximum atomic E-state index is 12.7. The average molecular weight is 213 g/mol. The molecular formula is C10H12FNO3. The highest BCUT2D eigenvalue weighted by atomic mass is 19.1. The van der Waals surface area contributed by atoms with Gasteiger partial charge in [0, 0.05) is 6.07 Å². The fraction of sp³-hybridized carbons (Fsp3) is 0.300. The summed E-state index contributed by atoms with van der Waals surface area (Å²) in [6, 6.07) is 3.69. The number of hydrogen-bond donors (Lipinski definition) is 1. The fourth-order valence-corrected chi connectivity index (χ4v) is 1.03. The van der Waals surface area contributed by atoms with Gasteiger partial charge in [-0.05, 0) is 19.1 Å². The molecule has 0 heterocycles. The first-order valence-corrected chi connectivity index (χ1v) is 4.34. The van der Waals surface area contributed by atoms with Crippen molar-refractivity contribution in [2.75, 3.05) is 12.8 Å². The molecule has 0 aliphatic carbocycles. The molecule has 0 fully saturated rings. The van der Waals surface area contributed by atoms with Crippen molar-refractivity contribution in [1.29, 1.82) is 0 Å². The minimum absolute atomic E-state index is 0.144. The van der Waals surface area contributed by atoms with Gasteiger partial charge < -0.3 is 15.2 Å². The van der Waals surface area contributed by atoms with Crippen LogP contribution in [-0.4, -0.2) is 19.2 Å². The maximum absolute atomic E-state index is 12.7. The smallest absolute Gasteiger partial charge is 0.346 e. The van der Waals surface area contributed by atoms with E-state index in [1.165, 1.54) is 26.2 Å². The highest BCUT2D eigenvalue weighted by Crippen LogP contribution is 2.23. The lowest BCUT2D eigenvalue weighted by molar-refractivity contribution is -0.147. The van der Waals surface area contributed by atoms with Crippen LogP contribution < -0.4 is 10.5 Å². The Kier molecular flexibility index (Phi) is 3.49. The van der Waals surface area contributed by atoms with Crippen LogP contribution in [0.3, 0.4) is 0 Å². The van der Waals surface area contributed by atoms with E-state index < -0.39 is 17.9 Å². The molecule has 4 nitrogen and oxygen atoms in total. The Balaban J connectivity index is 2.76. The Hall–Kier alpha value is -1.78. The summed E-state index contributed by atoms with van der Waals surface area (Å²) in [6.07, 6.45) is -0.775. The molecule has 0 saturated carbocycles. The minimum Gasteiger partial charge on any atom is -0.477 e. The van der Waals surface area contributed by atoms with E-state index in [9.17, 15) is 9.18 Å². The Morgan fingerprint density at radius 3 is 2.73 bits per heavy atom. The molecular weight excluding hydrogens is 201 g/mol. The van der Waals surface area contributed by atoms with Gasteiger partial charge in [-0.2, -0.15) is 0 Å². The fourth-order valence-electron chi connectivity index (χ4n) is 1.03. The van der Waals surface area contributed by atoms with Crippen molar-refractivity contribution in [3.8, 4) is 5.75 Å². The van der Waals surface area contributed by atoms with E-state index in [0.717, 1.165) is 6.07 Å². The van der Waals surface area contributed by atoms with E-state index in [1.54, 1.807) is 0 Å². The summed E-state index contributed by atoms with van der Waals surface area (Å²) in [6.45, 7) is 1.52. The normalized spacial score (nSPS) is 11.9. The van der Waals surface area contributed by atoms with Crippen LogP contribution >= 0.6 is 0 Å². The molecule has 0 bridgehead atoms. The van der Waals surface area contributed by atoms with E-state index in [4.69, 9.17) is 10.5 Å². The van der Waals surface area contributed by atoms with Gasteiger partial charge in [-0.1, -0.05) is 0 Å². The highest BCUT2D eigenvalue weighted by Gasteiger charge is 2.15. The van der Waals surface area contributed by atoms with E-state index >= 15 is 0 Å². The van der Waals surface area contributed by atoms with Crippen LogP contribution in [0.5, 0.6) is 5.75 Å². The Morgan fingerprint density at radius 2 is 2.20 bits per heavy atom. The SMILES string of the molecule is COC(=O)C(C)Oc1ccc(F)cc1N. The first-order chi connectivity index (χ1) is 7.04. The zero-order valence-corrected chi connectivity index (χ0v) is 8.49. The maximum Gasteiger partial charge on any atom is 0.346 e. The second kappa shape index (κ2) is 4.63. The lowest BCUT2D eigenvalue weighted by Crippen LogP contribution is -2.25. The highest BCUT2D eigenvalue weighted by molar-refractivity contribution is 5.74. The molecule has 0 aromatic heterocycles. The number of benzene rings is 1. The van der Waals surface area contributed by atoms with Crippen molar-refractivity contribution >= 4 is 11.7 Å². The molecule has 15 heavy (non-hydrogen) atoms. The van der Waals surface area contributed by atoms with Crippen LogP contribution in [0.2, 0.25) is 0 Å². The second-order valence-electron chi connectivity index (χ2n) is 2.97. The number of ether oxygens (including phenoxy) is 2. The third-order valence-corrected chi connectivity index (χ3v) is 1.81. The zero-order valence-electron chi connectivity index (χ0n) is 8.49. The van der Waals surface area contributed by atoms with Crippen molar-refractivity contribution < 1.29 is 18.7 Å². The number of halogens is 1. The second-order valence-corrected chi connectivity index (χ2v) is 2.97. The van der Waals surface area contributed by atoms with Crippen molar-refractivity contribution in [3.63, 3.8) is 0 Å². The lowest BCUT2D eigenvalue weighted by Gasteiger charge is -2.13. The molecule has 2 N–H and O–H groups in total.